The second-order valence-corrected chi connectivity index (χ2v) is 6.48. The Kier molecular flexibility index (Phi) is 7.11. The molecule has 1 N–H and O–H groups in total. The summed E-state index contributed by atoms with van der Waals surface area (Å²) in [5.74, 6) is 0.205. The fourth-order valence-electron chi connectivity index (χ4n) is 2.95. The van der Waals surface area contributed by atoms with E-state index in [4.69, 9.17) is 18.9 Å². The minimum Gasteiger partial charge on any atom is -0.497 e. The maximum atomic E-state index is 13.1. The van der Waals surface area contributed by atoms with Crippen LogP contribution < -0.4 is 19.5 Å². The van der Waals surface area contributed by atoms with E-state index in [1.165, 1.54) is 27.4 Å². The molecular formula is C24H23NO6. The van der Waals surface area contributed by atoms with Crippen molar-refractivity contribution < 1.29 is 28.5 Å². The van der Waals surface area contributed by atoms with Crippen LogP contribution in [0.2, 0.25) is 0 Å². The lowest BCUT2D eigenvalue weighted by molar-refractivity contribution is -0.125. The van der Waals surface area contributed by atoms with Gasteiger partial charge in [0, 0.05) is 23.4 Å². The first kappa shape index (κ1) is 21.7. The molecule has 0 saturated heterocycles. The van der Waals surface area contributed by atoms with Crippen molar-refractivity contribution in [2.75, 3.05) is 26.6 Å². The Hall–Kier alpha value is -4.00. The number of rotatable bonds is 8. The van der Waals surface area contributed by atoms with Crippen molar-refractivity contribution in [2.24, 2.45) is 0 Å². The molecular weight excluding hydrogens is 398 g/mol. The van der Waals surface area contributed by atoms with Gasteiger partial charge in [-0.25, -0.2) is 4.79 Å². The lowest BCUT2D eigenvalue weighted by atomic mass is 10.1. The third-order valence-corrected chi connectivity index (χ3v) is 4.53. The van der Waals surface area contributed by atoms with Crippen molar-refractivity contribution in [3.05, 3.63) is 83.9 Å². The molecule has 0 aromatic heterocycles. The quantitative estimate of drug-likeness (QED) is 0.548. The fourth-order valence-corrected chi connectivity index (χ4v) is 2.95. The van der Waals surface area contributed by atoms with Gasteiger partial charge in [-0.1, -0.05) is 36.4 Å². The number of ether oxygens (including phenoxy) is 4. The summed E-state index contributed by atoms with van der Waals surface area (Å²) in [7, 11) is 4.49. The summed E-state index contributed by atoms with van der Waals surface area (Å²) in [5, 5.41) is 2.77. The molecule has 0 heterocycles. The van der Waals surface area contributed by atoms with Gasteiger partial charge >= 0.3 is 5.97 Å². The molecule has 7 heteroatoms. The Balaban J connectivity index is 1.87. The number of benzene rings is 3. The largest absolute Gasteiger partial charge is 0.497 e. The van der Waals surface area contributed by atoms with Crippen LogP contribution in [0, 0.1) is 0 Å². The van der Waals surface area contributed by atoms with Gasteiger partial charge in [0.2, 0.25) is 6.10 Å². The van der Waals surface area contributed by atoms with Gasteiger partial charge in [0.15, 0.2) is 0 Å². The van der Waals surface area contributed by atoms with Gasteiger partial charge in [0.05, 0.1) is 21.3 Å². The molecule has 0 spiro atoms. The van der Waals surface area contributed by atoms with Gasteiger partial charge in [-0.05, 0) is 24.3 Å². The summed E-state index contributed by atoms with van der Waals surface area (Å²) >= 11 is 0. The number of carbonyl (C=O) groups excluding carboxylic acids is 2. The zero-order chi connectivity index (χ0) is 22.2. The van der Waals surface area contributed by atoms with Gasteiger partial charge in [-0.15, -0.1) is 0 Å². The second-order valence-electron chi connectivity index (χ2n) is 6.48. The summed E-state index contributed by atoms with van der Waals surface area (Å²) in [5.41, 5.74) is 1.23. The van der Waals surface area contributed by atoms with E-state index in [9.17, 15) is 9.59 Å². The highest BCUT2D eigenvalue weighted by molar-refractivity contribution is 5.99. The summed E-state index contributed by atoms with van der Waals surface area (Å²) in [4.78, 5) is 26.0. The van der Waals surface area contributed by atoms with E-state index in [2.05, 4.69) is 5.32 Å². The van der Waals surface area contributed by atoms with Crippen LogP contribution in [0.5, 0.6) is 17.2 Å². The van der Waals surface area contributed by atoms with E-state index < -0.39 is 18.0 Å². The molecule has 7 nitrogen and oxygen atoms in total. The summed E-state index contributed by atoms with van der Waals surface area (Å²) < 4.78 is 21.3. The van der Waals surface area contributed by atoms with Gasteiger partial charge in [0.25, 0.3) is 5.91 Å². The molecule has 3 aromatic rings. The van der Waals surface area contributed by atoms with Crippen LogP contribution >= 0.6 is 0 Å². The average molecular weight is 421 g/mol. The van der Waals surface area contributed by atoms with Crippen LogP contribution in [0.4, 0.5) is 5.69 Å². The molecule has 0 bridgehead atoms. The third kappa shape index (κ3) is 5.33. The summed E-state index contributed by atoms with van der Waals surface area (Å²) in [6.45, 7) is 0. The van der Waals surface area contributed by atoms with Gasteiger partial charge in [-0.2, -0.15) is 0 Å². The van der Waals surface area contributed by atoms with E-state index >= 15 is 0 Å². The number of esters is 1. The van der Waals surface area contributed by atoms with Gasteiger partial charge < -0.3 is 24.3 Å². The average Bonchev–Trinajstić information content (AvgIpc) is 2.82. The van der Waals surface area contributed by atoms with E-state index in [0.29, 0.717) is 22.7 Å². The normalized spacial score (nSPS) is 11.2. The predicted molar refractivity (Wildman–Crippen MR) is 116 cm³/mol. The topological polar surface area (TPSA) is 83.1 Å². The lowest BCUT2D eigenvalue weighted by Crippen LogP contribution is -2.26. The van der Waals surface area contributed by atoms with Crippen molar-refractivity contribution in [3.8, 4) is 17.2 Å². The maximum Gasteiger partial charge on any atom is 0.343 e. The highest BCUT2D eigenvalue weighted by Crippen LogP contribution is 2.28. The van der Waals surface area contributed by atoms with Crippen LogP contribution in [-0.4, -0.2) is 33.2 Å². The summed E-state index contributed by atoms with van der Waals surface area (Å²) in [6, 6.07) is 20.4. The van der Waals surface area contributed by atoms with Crippen molar-refractivity contribution in [3.63, 3.8) is 0 Å². The highest BCUT2D eigenvalue weighted by atomic mass is 16.6. The molecule has 160 valence electrons. The zero-order valence-electron chi connectivity index (χ0n) is 17.5. The smallest absolute Gasteiger partial charge is 0.343 e. The number of amides is 1. The van der Waals surface area contributed by atoms with Crippen LogP contribution in [0.25, 0.3) is 0 Å². The molecule has 0 radical (unpaired) electrons. The molecule has 0 aliphatic rings. The van der Waals surface area contributed by atoms with Crippen LogP contribution in [0.1, 0.15) is 22.0 Å². The Morgan fingerprint density at radius 2 is 1.48 bits per heavy atom. The van der Waals surface area contributed by atoms with Crippen molar-refractivity contribution in [1.29, 1.82) is 0 Å². The van der Waals surface area contributed by atoms with Crippen molar-refractivity contribution >= 4 is 17.6 Å². The Labute approximate surface area is 180 Å². The molecule has 1 atom stereocenters. The molecule has 0 saturated carbocycles. The van der Waals surface area contributed by atoms with E-state index in [1.54, 1.807) is 60.7 Å². The first-order valence-electron chi connectivity index (χ1n) is 9.48. The molecule has 3 rings (SSSR count). The first-order valence-corrected chi connectivity index (χ1v) is 9.48. The van der Waals surface area contributed by atoms with Gasteiger partial charge in [0.1, 0.15) is 22.8 Å². The molecule has 0 aliphatic heterocycles. The number of nitrogens with one attached hydrogen (secondary N) is 1. The Morgan fingerprint density at radius 3 is 2.16 bits per heavy atom. The van der Waals surface area contributed by atoms with Crippen molar-refractivity contribution in [1.82, 2.24) is 0 Å². The maximum absolute atomic E-state index is 13.1. The number of hydrogen-bond donors (Lipinski definition) is 1. The Morgan fingerprint density at radius 1 is 0.774 bits per heavy atom. The highest BCUT2D eigenvalue weighted by Gasteiger charge is 2.27. The van der Waals surface area contributed by atoms with E-state index in [-0.39, 0.29) is 11.3 Å². The number of methoxy groups -OCH3 is 3. The molecule has 0 fully saturated rings. The molecule has 3 aromatic carbocycles. The number of carbonyl (C=O) groups is 2. The predicted octanol–water partition coefficient (Wildman–Crippen LogP) is 4.25. The zero-order valence-corrected chi connectivity index (χ0v) is 17.5. The Bertz CT molecular complexity index is 1050. The van der Waals surface area contributed by atoms with E-state index in [0.717, 1.165) is 0 Å². The molecule has 31 heavy (non-hydrogen) atoms. The van der Waals surface area contributed by atoms with Crippen molar-refractivity contribution in [2.45, 2.75) is 6.10 Å². The molecule has 0 aliphatic carbocycles. The number of anilines is 1. The van der Waals surface area contributed by atoms with Crippen LogP contribution in [-0.2, 0) is 9.53 Å². The molecule has 0 unspecified atom stereocenters. The van der Waals surface area contributed by atoms with E-state index in [1.807, 2.05) is 6.07 Å². The van der Waals surface area contributed by atoms with Crippen LogP contribution in [0.3, 0.4) is 0 Å². The SMILES string of the molecule is COc1cccc(NC(=O)[C@H](OC(=O)c2ccc(OC)cc2OC)c2ccccc2)c1. The summed E-state index contributed by atoms with van der Waals surface area (Å²) in [6.07, 6.45) is -1.17. The third-order valence-electron chi connectivity index (χ3n) is 4.53. The molecule has 1 amide bonds. The lowest BCUT2D eigenvalue weighted by Gasteiger charge is -2.19. The van der Waals surface area contributed by atoms with Crippen LogP contribution in [0.15, 0.2) is 72.8 Å². The standard InChI is InChI=1S/C24H23NO6/c1-28-18-11-7-10-17(14-18)25-23(26)22(16-8-5-4-6-9-16)31-24(27)20-13-12-19(29-2)15-21(20)30-3/h4-15,22H,1-3H3,(H,25,26)/t22-/m1/s1. The fraction of sp³-hybridized carbons (Fsp3) is 0.167. The minimum atomic E-state index is -1.17. The minimum absolute atomic E-state index is 0.179. The monoisotopic (exact) mass is 421 g/mol. The second kappa shape index (κ2) is 10.2. The first-order chi connectivity index (χ1) is 15.0. The number of hydrogen-bond acceptors (Lipinski definition) is 6. The van der Waals surface area contributed by atoms with Gasteiger partial charge in [-0.3, -0.25) is 4.79 Å².